The van der Waals surface area contributed by atoms with E-state index in [0.717, 1.165) is 61.5 Å². The molecule has 8 nitrogen and oxygen atoms in total. The molecule has 0 saturated carbocycles. The number of rotatable bonds is 4. The molecule has 1 N–H and O–H groups in total. The van der Waals surface area contributed by atoms with Crippen molar-refractivity contribution < 1.29 is 17.9 Å². The van der Waals surface area contributed by atoms with Crippen molar-refractivity contribution in [3.63, 3.8) is 0 Å². The second-order valence-electron chi connectivity index (χ2n) is 10.5. The summed E-state index contributed by atoms with van der Waals surface area (Å²) in [6, 6.07) is 4.22. The van der Waals surface area contributed by atoms with Crippen molar-refractivity contribution >= 4 is 17.0 Å². The Morgan fingerprint density at radius 1 is 1.10 bits per heavy atom. The van der Waals surface area contributed by atoms with Gasteiger partial charge in [0, 0.05) is 53.0 Å². The van der Waals surface area contributed by atoms with Crippen LogP contribution in [0.4, 0.5) is 19.0 Å². The van der Waals surface area contributed by atoms with Crippen molar-refractivity contribution in [1.82, 2.24) is 24.4 Å². The average molecular weight is 581 g/mol. The molecule has 5 rings (SSSR count). The first kappa shape index (κ1) is 34.3. The van der Waals surface area contributed by atoms with E-state index < -0.39 is 17.8 Å². The topological polar surface area (TPSA) is 77.2 Å². The Labute approximate surface area is 241 Å². The van der Waals surface area contributed by atoms with E-state index in [9.17, 15) is 18.0 Å². The van der Waals surface area contributed by atoms with E-state index in [0.29, 0.717) is 24.2 Å². The summed E-state index contributed by atoms with van der Waals surface area (Å²) in [6.45, 7) is 16.7. The van der Waals surface area contributed by atoms with E-state index in [1.165, 1.54) is 18.9 Å². The molecule has 230 valence electrons. The summed E-state index contributed by atoms with van der Waals surface area (Å²) in [5, 5.41) is 3.35. The van der Waals surface area contributed by atoms with E-state index in [1.807, 2.05) is 46.2 Å². The van der Waals surface area contributed by atoms with Crippen molar-refractivity contribution in [1.29, 1.82) is 0 Å². The third kappa shape index (κ3) is 9.29. The number of nitrogens with zero attached hydrogens (tertiary/aromatic N) is 5. The lowest BCUT2D eigenvalue weighted by atomic mass is 10.0. The van der Waals surface area contributed by atoms with Gasteiger partial charge in [-0.15, -0.1) is 0 Å². The van der Waals surface area contributed by atoms with Gasteiger partial charge in [0.1, 0.15) is 22.8 Å². The fourth-order valence-electron chi connectivity index (χ4n) is 4.65. The standard InChI is InChI=1S/C13H20N6O.C11H13F3.C4H8O.C2H6/c1-8-7-14-5-6-19(8)11-10-12(17(3)9(2)15-10)18(4)13(20)16-11;1-7(2)5-8-3-4-9(11(13)14)10(12)6-8;1-2-4-5-3-1;1-2/h8,14H,5-7H2,1-4H3;3-4,6-7,11H,5H2,1-2H3;1-4H2;1-2H3. The second kappa shape index (κ2) is 16.5. The van der Waals surface area contributed by atoms with Crippen LogP contribution in [-0.4, -0.2) is 58.0 Å². The number of aryl methyl sites for hydroxylation is 3. The number of benzene rings is 1. The minimum atomic E-state index is -2.73. The highest BCUT2D eigenvalue weighted by atomic mass is 19.3. The predicted molar refractivity (Wildman–Crippen MR) is 159 cm³/mol. The molecular formula is C30H47F3N6O2. The predicted octanol–water partition coefficient (Wildman–Crippen LogP) is 5.56. The van der Waals surface area contributed by atoms with Crippen LogP contribution in [0.2, 0.25) is 0 Å². The minimum absolute atomic E-state index is 0.235. The molecule has 0 spiro atoms. The lowest BCUT2D eigenvalue weighted by molar-refractivity contribution is 0.146. The summed E-state index contributed by atoms with van der Waals surface area (Å²) in [4.78, 5) is 23.2. The highest BCUT2D eigenvalue weighted by molar-refractivity contribution is 5.84. The number of hydrogen-bond donors (Lipinski definition) is 1. The molecule has 1 aromatic carbocycles. The maximum absolute atomic E-state index is 13.1. The molecule has 11 heteroatoms. The number of hydrogen-bond acceptors (Lipinski definition) is 6. The number of alkyl halides is 2. The Morgan fingerprint density at radius 2 is 1.76 bits per heavy atom. The molecule has 2 aliphatic heterocycles. The second-order valence-corrected chi connectivity index (χ2v) is 10.5. The Hall–Kier alpha value is -2.92. The van der Waals surface area contributed by atoms with E-state index in [2.05, 4.69) is 27.1 Å². The first-order chi connectivity index (χ1) is 19.5. The molecule has 0 aliphatic carbocycles. The van der Waals surface area contributed by atoms with Crippen LogP contribution in [-0.2, 0) is 25.3 Å². The molecule has 2 fully saturated rings. The van der Waals surface area contributed by atoms with Crippen molar-refractivity contribution in [2.24, 2.45) is 20.0 Å². The van der Waals surface area contributed by atoms with Crippen molar-refractivity contribution in [2.45, 2.75) is 73.3 Å². The van der Waals surface area contributed by atoms with Gasteiger partial charge in [0.2, 0.25) is 0 Å². The van der Waals surface area contributed by atoms with Crippen LogP contribution in [0.25, 0.3) is 11.2 Å². The molecule has 0 bridgehead atoms. The Morgan fingerprint density at radius 3 is 2.27 bits per heavy atom. The smallest absolute Gasteiger partial charge is 0.350 e. The van der Waals surface area contributed by atoms with Crippen LogP contribution in [0.15, 0.2) is 23.0 Å². The van der Waals surface area contributed by atoms with Crippen LogP contribution in [0.3, 0.4) is 0 Å². The van der Waals surface area contributed by atoms with E-state index >= 15 is 0 Å². The number of anilines is 1. The molecule has 41 heavy (non-hydrogen) atoms. The minimum Gasteiger partial charge on any atom is -0.381 e. The Balaban J connectivity index is 0.000000242. The highest BCUT2D eigenvalue weighted by Crippen LogP contribution is 2.25. The van der Waals surface area contributed by atoms with Gasteiger partial charge in [-0.3, -0.25) is 4.57 Å². The fourth-order valence-corrected chi connectivity index (χ4v) is 4.65. The fraction of sp³-hybridized carbons (Fsp3) is 0.633. The lowest BCUT2D eigenvalue weighted by Gasteiger charge is -2.34. The monoisotopic (exact) mass is 580 g/mol. The molecule has 3 aromatic rings. The maximum atomic E-state index is 13.1. The van der Waals surface area contributed by atoms with E-state index in [-0.39, 0.29) is 5.69 Å². The molecule has 0 radical (unpaired) electrons. The van der Waals surface area contributed by atoms with Gasteiger partial charge in [-0.2, -0.15) is 4.98 Å². The van der Waals surface area contributed by atoms with Gasteiger partial charge in [0.05, 0.1) is 5.56 Å². The summed E-state index contributed by atoms with van der Waals surface area (Å²) in [7, 11) is 3.67. The number of ether oxygens (including phenoxy) is 1. The van der Waals surface area contributed by atoms with Gasteiger partial charge in [-0.05, 0) is 50.7 Å². The number of fused-ring (bicyclic) bond motifs is 1. The molecule has 1 atom stereocenters. The Kier molecular flexibility index (Phi) is 13.8. The van der Waals surface area contributed by atoms with E-state index in [4.69, 9.17) is 4.74 Å². The van der Waals surface area contributed by atoms with Crippen LogP contribution < -0.4 is 15.9 Å². The SMILES string of the molecule is C1CCOC1.CC.CC(C)Cc1ccc(C(F)F)c(F)c1.Cc1nc2c(N3CCNCC3C)nc(=O)n(C)c2n1C. The summed E-state index contributed by atoms with van der Waals surface area (Å²) in [6.07, 6.45) is 0.531. The van der Waals surface area contributed by atoms with Gasteiger partial charge in [0.25, 0.3) is 6.43 Å². The molecule has 0 amide bonds. The van der Waals surface area contributed by atoms with Crippen molar-refractivity contribution in [3.05, 3.63) is 51.5 Å². The molecule has 4 heterocycles. The molecule has 2 aromatic heterocycles. The quantitative estimate of drug-likeness (QED) is 0.436. The number of halogens is 3. The number of nitrogens with one attached hydrogen (secondary N) is 1. The van der Waals surface area contributed by atoms with Gasteiger partial charge >= 0.3 is 5.69 Å². The normalized spacial score (nSPS) is 16.6. The first-order valence-corrected chi connectivity index (χ1v) is 14.5. The van der Waals surface area contributed by atoms with Crippen LogP contribution >= 0.6 is 0 Å². The number of piperazine rings is 1. The summed E-state index contributed by atoms with van der Waals surface area (Å²) in [5.74, 6) is 1.18. The maximum Gasteiger partial charge on any atom is 0.350 e. The Bertz CT molecular complexity index is 1280. The summed E-state index contributed by atoms with van der Waals surface area (Å²) in [5.41, 5.74) is 1.64. The third-order valence-electron chi connectivity index (χ3n) is 6.85. The van der Waals surface area contributed by atoms with Gasteiger partial charge in [-0.1, -0.05) is 39.8 Å². The molecule has 2 saturated heterocycles. The van der Waals surface area contributed by atoms with Crippen LogP contribution in [0.5, 0.6) is 0 Å². The number of imidazole rings is 1. The summed E-state index contributed by atoms with van der Waals surface area (Å²) < 4.78 is 45.9. The zero-order valence-corrected chi connectivity index (χ0v) is 25.8. The highest BCUT2D eigenvalue weighted by Gasteiger charge is 2.25. The first-order valence-electron chi connectivity index (χ1n) is 14.5. The average Bonchev–Trinajstić information content (AvgIpc) is 3.61. The third-order valence-corrected chi connectivity index (χ3v) is 6.85. The van der Waals surface area contributed by atoms with E-state index in [1.54, 1.807) is 17.7 Å². The zero-order valence-electron chi connectivity index (χ0n) is 25.8. The largest absolute Gasteiger partial charge is 0.381 e. The summed E-state index contributed by atoms with van der Waals surface area (Å²) >= 11 is 0. The molecular weight excluding hydrogens is 533 g/mol. The zero-order chi connectivity index (χ0) is 30.7. The van der Waals surface area contributed by atoms with Crippen LogP contribution in [0.1, 0.15) is 70.8 Å². The molecule has 1 unspecified atom stereocenters. The van der Waals surface area contributed by atoms with Gasteiger partial charge < -0.3 is 19.5 Å². The van der Waals surface area contributed by atoms with Crippen LogP contribution in [0, 0.1) is 18.7 Å². The number of aromatic nitrogens is 4. The van der Waals surface area contributed by atoms with Crippen molar-refractivity contribution in [2.75, 3.05) is 37.7 Å². The van der Waals surface area contributed by atoms with Gasteiger partial charge in [0.15, 0.2) is 5.82 Å². The molecule has 2 aliphatic rings. The van der Waals surface area contributed by atoms with Gasteiger partial charge in [-0.25, -0.2) is 22.9 Å². The van der Waals surface area contributed by atoms with Crippen molar-refractivity contribution in [3.8, 4) is 0 Å². The lowest BCUT2D eigenvalue weighted by Crippen LogP contribution is -2.50.